The first-order chi connectivity index (χ1) is 8.47. The zero-order valence-electron chi connectivity index (χ0n) is 9.32. The van der Waals surface area contributed by atoms with Crippen molar-refractivity contribution < 1.29 is 0 Å². The molecule has 94 valence electrons. The molecule has 0 spiro atoms. The van der Waals surface area contributed by atoms with Crippen LogP contribution in [-0.4, -0.2) is 14.8 Å². The molecular formula is C10H9Cl2N5O. The third-order valence-electron chi connectivity index (χ3n) is 2.16. The van der Waals surface area contributed by atoms with Gasteiger partial charge in [0.2, 0.25) is 5.95 Å². The summed E-state index contributed by atoms with van der Waals surface area (Å²) in [5.74, 6) is 0.0203. The first kappa shape index (κ1) is 12.7. The van der Waals surface area contributed by atoms with Crippen molar-refractivity contribution in [3.8, 4) is 0 Å². The summed E-state index contributed by atoms with van der Waals surface area (Å²) in [5, 5.41) is 7.71. The molecule has 8 heteroatoms. The molecule has 2 rings (SSSR count). The molecule has 0 saturated heterocycles. The van der Waals surface area contributed by atoms with E-state index in [-0.39, 0.29) is 11.8 Å². The van der Waals surface area contributed by atoms with Crippen LogP contribution in [-0.2, 0) is 7.05 Å². The number of aromatic nitrogens is 3. The minimum absolute atomic E-state index is 0.145. The standard InChI is InChI=1S/C10H9Cl2N5O/c1-17-9(18)8(13)15-10(16-17)14-7-4-5(11)2-3-6(7)12/h2-4H,1H3,(H3,13,14,15,16). The zero-order chi connectivity index (χ0) is 13.3. The Kier molecular flexibility index (Phi) is 3.40. The van der Waals surface area contributed by atoms with Crippen molar-refractivity contribution in [2.24, 2.45) is 7.05 Å². The Balaban J connectivity index is 2.40. The predicted molar refractivity (Wildman–Crippen MR) is 71.4 cm³/mol. The molecule has 1 aromatic heterocycles. The average Bonchev–Trinajstić information content (AvgIpc) is 2.31. The summed E-state index contributed by atoms with van der Waals surface area (Å²) in [5.41, 5.74) is 5.53. The quantitative estimate of drug-likeness (QED) is 0.879. The van der Waals surface area contributed by atoms with E-state index in [2.05, 4.69) is 15.4 Å². The third kappa shape index (κ3) is 2.55. The molecule has 0 radical (unpaired) electrons. The maximum atomic E-state index is 11.3. The number of hydrogen-bond acceptors (Lipinski definition) is 5. The highest BCUT2D eigenvalue weighted by Crippen LogP contribution is 2.27. The first-order valence-electron chi connectivity index (χ1n) is 4.90. The number of nitrogen functional groups attached to an aromatic ring is 1. The molecule has 2 aromatic rings. The summed E-state index contributed by atoms with van der Waals surface area (Å²) in [6, 6.07) is 4.91. The van der Waals surface area contributed by atoms with Crippen molar-refractivity contribution in [1.29, 1.82) is 0 Å². The lowest BCUT2D eigenvalue weighted by Crippen LogP contribution is -2.25. The Morgan fingerprint density at radius 3 is 2.78 bits per heavy atom. The number of nitrogens with one attached hydrogen (secondary N) is 1. The van der Waals surface area contributed by atoms with Crippen LogP contribution in [0.25, 0.3) is 0 Å². The number of halogens is 2. The highest BCUT2D eigenvalue weighted by molar-refractivity contribution is 6.35. The minimum atomic E-state index is -0.460. The van der Waals surface area contributed by atoms with Gasteiger partial charge in [-0.15, -0.1) is 5.10 Å². The fraction of sp³-hybridized carbons (Fsp3) is 0.100. The molecular weight excluding hydrogens is 277 g/mol. The molecule has 0 unspecified atom stereocenters. The molecule has 1 aromatic carbocycles. The second-order valence-corrected chi connectivity index (χ2v) is 4.34. The zero-order valence-corrected chi connectivity index (χ0v) is 10.8. The molecule has 0 aliphatic heterocycles. The molecule has 18 heavy (non-hydrogen) atoms. The number of hydrogen-bond donors (Lipinski definition) is 2. The van der Waals surface area contributed by atoms with Crippen molar-refractivity contribution in [3.05, 3.63) is 38.6 Å². The molecule has 1 heterocycles. The predicted octanol–water partition coefficient (Wildman–Crippen LogP) is 1.81. The molecule has 0 saturated carbocycles. The lowest BCUT2D eigenvalue weighted by Gasteiger charge is -2.08. The normalized spacial score (nSPS) is 10.4. The van der Waals surface area contributed by atoms with Gasteiger partial charge in [-0.3, -0.25) is 4.79 Å². The van der Waals surface area contributed by atoms with Crippen LogP contribution in [0.4, 0.5) is 17.5 Å². The van der Waals surface area contributed by atoms with E-state index in [0.717, 1.165) is 4.68 Å². The second kappa shape index (κ2) is 4.83. The monoisotopic (exact) mass is 285 g/mol. The highest BCUT2D eigenvalue weighted by Gasteiger charge is 2.07. The Labute approximate surface area is 112 Å². The van der Waals surface area contributed by atoms with Gasteiger partial charge in [0.15, 0.2) is 5.82 Å². The van der Waals surface area contributed by atoms with E-state index in [1.807, 2.05) is 0 Å². The molecule has 0 atom stereocenters. The summed E-state index contributed by atoms with van der Waals surface area (Å²) in [6.45, 7) is 0. The SMILES string of the molecule is Cn1nc(Nc2cc(Cl)ccc2Cl)nc(N)c1=O. The van der Waals surface area contributed by atoms with Crippen LogP contribution in [0.5, 0.6) is 0 Å². The van der Waals surface area contributed by atoms with Crippen molar-refractivity contribution in [1.82, 2.24) is 14.8 Å². The van der Waals surface area contributed by atoms with Crippen LogP contribution < -0.4 is 16.6 Å². The van der Waals surface area contributed by atoms with Crippen LogP contribution in [0.3, 0.4) is 0 Å². The van der Waals surface area contributed by atoms with E-state index < -0.39 is 5.56 Å². The van der Waals surface area contributed by atoms with Crippen molar-refractivity contribution in [2.45, 2.75) is 0 Å². The van der Waals surface area contributed by atoms with E-state index in [1.165, 1.54) is 7.05 Å². The maximum absolute atomic E-state index is 11.3. The average molecular weight is 286 g/mol. The molecule has 0 bridgehead atoms. The lowest BCUT2D eigenvalue weighted by atomic mass is 10.3. The number of rotatable bonds is 2. The van der Waals surface area contributed by atoms with Gasteiger partial charge in [-0.05, 0) is 18.2 Å². The van der Waals surface area contributed by atoms with E-state index in [1.54, 1.807) is 18.2 Å². The topological polar surface area (TPSA) is 85.8 Å². The van der Waals surface area contributed by atoms with Gasteiger partial charge in [0.1, 0.15) is 0 Å². The van der Waals surface area contributed by atoms with E-state index in [9.17, 15) is 4.79 Å². The van der Waals surface area contributed by atoms with Crippen molar-refractivity contribution in [2.75, 3.05) is 11.1 Å². The summed E-state index contributed by atoms with van der Waals surface area (Å²) in [7, 11) is 1.48. The Hall–Kier alpha value is -1.79. The van der Waals surface area contributed by atoms with E-state index in [0.29, 0.717) is 15.7 Å². The van der Waals surface area contributed by atoms with Gasteiger partial charge in [-0.1, -0.05) is 23.2 Å². The van der Waals surface area contributed by atoms with Gasteiger partial charge in [0.25, 0.3) is 0 Å². The van der Waals surface area contributed by atoms with Crippen LogP contribution in [0, 0.1) is 0 Å². The number of benzene rings is 1. The van der Waals surface area contributed by atoms with E-state index in [4.69, 9.17) is 28.9 Å². The molecule has 0 amide bonds. The molecule has 0 aliphatic rings. The van der Waals surface area contributed by atoms with Gasteiger partial charge < -0.3 is 11.1 Å². The second-order valence-electron chi connectivity index (χ2n) is 3.50. The lowest BCUT2D eigenvalue weighted by molar-refractivity contribution is 0.700. The summed E-state index contributed by atoms with van der Waals surface area (Å²) >= 11 is 11.8. The smallest absolute Gasteiger partial charge is 0.309 e. The van der Waals surface area contributed by atoms with Gasteiger partial charge in [0.05, 0.1) is 10.7 Å². The Morgan fingerprint density at radius 1 is 1.39 bits per heavy atom. The fourth-order valence-corrected chi connectivity index (χ4v) is 1.64. The third-order valence-corrected chi connectivity index (χ3v) is 2.72. The summed E-state index contributed by atoms with van der Waals surface area (Å²) in [6.07, 6.45) is 0. The molecule has 0 aliphatic carbocycles. The molecule has 6 nitrogen and oxygen atoms in total. The largest absolute Gasteiger partial charge is 0.379 e. The van der Waals surface area contributed by atoms with Crippen molar-refractivity contribution in [3.63, 3.8) is 0 Å². The van der Waals surface area contributed by atoms with Gasteiger partial charge >= 0.3 is 5.56 Å². The minimum Gasteiger partial charge on any atom is -0.379 e. The summed E-state index contributed by atoms with van der Waals surface area (Å²) in [4.78, 5) is 15.2. The molecule has 0 fully saturated rings. The highest BCUT2D eigenvalue weighted by atomic mass is 35.5. The number of anilines is 3. The van der Waals surface area contributed by atoms with Crippen LogP contribution >= 0.6 is 23.2 Å². The maximum Gasteiger partial charge on any atom is 0.309 e. The summed E-state index contributed by atoms with van der Waals surface area (Å²) < 4.78 is 1.09. The van der Waals surface area contributed by atoms with Crippen molar-refractivity contribution >= 4 is 40.7 Å². The first-order valence-corrected chi connectivity index (χ1v) is 5.66. The fourth-order valence-electron chi connectivity index (χ4n) is 1.30. The van der Waals surface area contributed by atoms with Gasteiger partial charge in [-0.2, -0.15) is 4.98 Å². The van der Waals surface area contributed by atoms with E-state index >= 15 is 0 Å². The number of aryl methyl sites for hydroxylation is 1. The number of nitrogens with two attached hydrogens (primary N) is 1. The van der Waals surface area contributed by atoms with Crippen LogP contribution in [0.15, 0.2) is 23.0 Å². The Morgan fingerprint density at radius 2 is 2.11 bits per heavy atom. The van der Waals surface area contributed by atoms with Gasteiger partial charge in [0, 0.05) is 12.1 Å². The van der Waals surface area contributed by atoms with Gasteiger partial charge in [-0.25, -0.2) is 4.68 Å². The van der Waals surface area contributed by atoms with Crippen LogP contribution in [0.1, 0.15) is 0 Å². The number of nitrogens with zero attached hydrogens (tertiary/aromatic N) is 3. The molecule has 3 N–H and O–H groups in total. The van der Waals surface area contributed by atoms with Crippen LogP contribution in [0.2, 0.25) is 10.0 Å². The Bertz CT molecular complexity index is 629.